The molecule has 0 aliphatic heterocycles. The average molecular weight is 348 g/mol. The molecular formula is C17H17FN2O3S. The molecule has 0 bridgehead atoms. The van der Waals surface area contributed by atoms with E-state index >= 15 is 0 Å². The summed E-state index contributed by atoms with van der Waals surface area (Å²) in [5.74, 6) is -0.866. The predicted molar refractivity (Wildman–Crippen MR) is 92.0 cm³/mol. The van der Waals surface area contributed by atoms with Crippen LogP contribution in [0.25, 0.3) is 6.08 Å². The Morgan fingerprint density at radius 3 is 2.54 bits per heavy atom. The number of nitrogens with one attached hydrogen (secondary N) is 2. The van der Waals surface area contributed by atoms with Gasteiger partial charge in [-0.1, -0.05) is 36.4 Å². The summed E-state index contributed by atoms with van der Waals surface area (Å²) in [5.41, 5.74) is 1.08. The van der Waals surface area contributed by atoms with E-state index in [2.05, 4.69) is 10.0 Å². The molecule has 126 valence electrons. The molecule has 0 heterocycles. The second-order valence-electron chi connectivity index (χ2n) is 4.96. The normalized spacial score (nSPS) is 11.5. The second-order valence-corrected chi connectivity index (χ2v) is 6.61. The Balaban J connectivity index is 1.80. The van der Waals surface area contributed by atoms with Crippen molar-refractivity contribution in [2.75, 3.05) is 11.9 Å². The van der Waals surface area contributed by atoms with Gasteiger partial charge in [0.15, 0.2) is 0 Å². The van der Waals surface area contributed by atoms with Gasteiger partial charge in [-0.3, -0.25) is 4.79 Å². The van der Waals surface area contributed by atoms with E-state index in [0.717, 1.165) is 11.0 Å². The lowest BCUT2D eigenvalue weighted by Gasteiger charge is -2.06. The molecule has 0 aliphatic carbocycles. The number of amides is 1. The predicted octanol–water partition coefficient (Wildman–Crippen LogP) is 2.74. The second kappa shape index (κ2) is 8.37. The number of halogens is 1. The van der Waals surface area contributed by atoms with E-state index in [1.165, 1.54) is 24.3 Å². The minimum absolute atomic E-state index is 0.0530. The number of carbonyl (C=O) groups is 1. The van der Waals surface area contributed by atoms with Crippen molar-refractivity contribution >= 4 is 27.7 Å². The SMILES string of the molecule is O=C(CCNS(=O)(=O)C=Cc1ccccc1)Nc1cccc(F)c1. The van der Waals surface area contributed by atoms with Crippen molar-refractivity contribution in [2.45, 2.75) is 6.42 Å². The molecule has 1 amide bonds. The third-order valence-electron chi connectivity index (χ3n) is 3.00. The van der Waals surface area contributed by atoms with Crippen LogP contribution in [0.4, 0.5) is 10.1 Å². The van der Waals surface area contributed by atoms with E-state index in [9.17, 15) is 17.6 Å². The number of rotatable bonds is 7. The van der Waals surface area contributed by atoms with Gasteiger partial charge in [0.1, 0.15) is 5.82 Å². The third kappa shape index (κ3) is 6.31. The quantitative estimate of drug-likeness (QED) is 0.808. The number of hydrogen-bond donors (Lipinski definition) is 2. The summed E-state index contributed by atoms with van der Waals surface area (Å²) in [6.45, 7) is -0.0530. The van der Waals surface area contributed by atoms with Gasteiger partial charge in [0.25, 0.3) is 0 Å². The molecule has 0 radical (unpaired) electrons. The summed E-state index contributed by atoms with van der Waals surface area (Å²) in [6.07, 6.45) is 1.41. The van der Waals surface area contributed by atoms with Crippen LogP contribution in [0.5, 0.6) is 0 Å². The summed E-state index contributed by atoms with van der Waals surface area (Å²) >= 11 is 0. The van der Waals surface area contributed by atoms with Gasteiger partial charge in [0.05, 0.1) is 0 Å². The zero-order valence-corrected chi connectivity index (χ0v) is 13.6. The topological polar surface area (TPSA) is 75.3 Å². The van der Waals surface area contributed by atoms with Gasteiger partial charge in [-0.2, -0.15) is 0 Å². The Bertz CT molecular complexity index is 821. The van der Waals surface area contributed by atoms with Gasteiger partial charge < -0.3 is 5.32 Å². The highest BCUT2D eigenvalue weighted by atomic mass is 32.2. The first-order valence-electron chi connectivity index (χ1n) is 7.23. The molecule has 2 aromatic rings. The lowest BCUT2D eigenvalue weighted by Crippen LogP contribution is -2.26. The molecule has 0 aliphatic rings. The maximum Gasteiger partial charge on any atom is 0.233 e. The summed E-state index contributed by atoms with van der Waals surface area (Å²) < 4.78 is 38.9. The highest BCUT2D eigenvalue weighted by molar-refractivity contribution is 7.92. The monoisotopic (exact) mass is 348 g/mol. The van der Waals surface area contributed by atoms with Gasteiger partial charge in [-0.05, 0) is 29.8 Å². The number of carbonyl (C=O) groups excluding carboxylic acids is 1. The van der Waals surface area contributed by atoms with Gasteiger partial charge in [0.2, 0.25) is 15.9 Å². The Morgan fingerprint density at radius 1 is 1.08 bits per heavy atom. The molecule has 0 saturated heterocycles. The molecule has 0 aromatic heterocycles. The molecule has 7 heteroatoms. The largest absolute Gasteiger partial charge is 0.326 e. The molecule has 0 spiro atoms. The van der Waals surface area contributed by atoms with Crippen molar-refractivity contribution in [3.63, 3.8) is 0 Å². The van der Waals surface area contributed by atoms with Crippen molar-refractivity contribution in [3.8, 4) is 0 Å². The molecular weight excluding hydrogens is 331 g/mol. The van der Waals surface area contributed by atoms with Crippen molar-refractivity contribution in [2.24, 2.45) is 0 Å². The fourth-order valence-corrected chi connectivity index (χ4v) is 2.70. The zero-order chi connectivity index (χ0) is 17.4. The molecule has 0 saturated carbocycles. The lowest BCUT2D eigenvalue weighted by molar-refractivity contribution is -0.116. The van der Waals surface area contributed by atoms with Crippen LogP contribution in [0.2, 0.25) is 0 Å². The third-order valence-corrected chi connectivity index (χ3v) is 4.10. The smallest absolute Gasteiger partial charge is 0.233 e. The number of hydrogen-bond acceptors (Lipinski definition) is 3. The zero-order valence-electron chi connectivity index (χ0n) is 12.8. The highest BCUT2D eigenvalue weighted by Crippen LogP contribution is 2.09. The molecule has 2 rings (SSSR count). The van der Waals surface area contributed by atoms with E-state index in [0.29, 0.717) is 5.69 Å². The Labute approximate surface area is 140 Å². The fourth-order valence-electron chi connectivity index (χ4n) is 1.88. The molecule has 24 heavy (non-hydrogen) atoms. The van der Waals surface area contributed by atoms with Crippen LogP contribution < -0.4 is 10.0 Å². The molecule has 2 N–H and O–H groups in total. The summed E-state index contributed by atoms with van der Waals surface area (Å²) in [7, 11) is -3.63. The first-order chi connectivity index (χ1) is 11.4. The molecule has 0 fully saturated rings. The number of sulfonamides is 1. The first-order valence-corrected chi connectivity index (χ1v) is 8.77. The van der Waals surface area contributed by atoms with Crippen molar-refractivity contribution in [1.82, 2.24) is 4.72 Å². The van der Waals surface area contributed by atoms with Gasteiger partial charge >= 0.3 is 0 Å². The molecule has 5 nitrogen and oxygen atoms in total. The van der Waals surface area contributed by atoms with Crippen LogP contribution >= 0.6 is 0 Å². The van der Waals surface area contributed by atoms with Crippen molar-refractivity contribution < 1.29 is 17.6 Å². The van der Waals surface area contributed by atoms with Gasteiger partial charge in [-0.25, -0.2) is 17.5 Å². The van der Waals surface area contributed by atoms with Gasteiger partial charge in [0, 0.05) is 24.1 Å². The van der Waals surface area contributed by atoms with E-state index < -0.39 is 21.7 Å². The number of benzene rings is 2. The van der Waals surface area contributed by atoms with Crippen LogP contribution in [0.15, 0.2) is 60.0 Å². The van der Waals surface area contributed by atoms with Crippen LogP contribution in [-0.4, -0.2) is 20.9 Å². The van der Waals surface area contributed by atoms with Crippen LogP contribution in [0.1, 0.15) is 12.0 Å². The Kier molecular flexibility index (Phi) is 6.22. The highest BCUT2D eigenvalue weighted by Gasteiger charge is 2.07. The first kappa shape index (κ1) is 17.8. The van der Waals surface area contributed by atoms with Crippen LogP contribution in [0.3, 0.4) is 0 Å². The minimum Gasteiger partial charge on any atom is -0.326 e. The van der Waals surface area contributed by atoms with Crippen molar-refractivity contribution in [1.29, 1.82) is 0 Å². The van der Waals surface area contributed by atoms with Crippen LogP contribution in [-0.2, 0) is 14.8 Å². The van der Waals surface area contributed by atoms with Gasteiger partial charge in [-0.15, -0.1) is 0 Å². The lowest BCUT2D eigenvalue weighted by atomic mass is 10.2. The van der Waals surface area contributed by atoms with E-state index in [1.54, 1.807) is 30.3 Å². The molecule has 2 aromatic carbocycles. The Morgan fingerprint density at radius 2 is 1.83 bits per heavy atom. The molecule has 0 atom stereocenters. The van der Waals surface area contributed by atoms with Crippen LogP contribution in [0, 0.1) is 5.82 Å². The van der Waals surface area contributed by atoms with E-state index in [4.69, 9.17) is 0 Å². The fraction of sp³-hybridized carbons (Fsp3) is 0.118. The Hall–Kier alpha value is -2.51. The maximum absolute atomic E-state index is 13.0. The standard InChI is InChI=1S/C17H17FN2O3S/c18-15-7-4-8-16(13-15)20-17(21)9-11-19-24(22,23)12-10-14-5-2-1-3-6-14/h1-8,10,12-13,19H,9,11H2,(H,20,21). The van der Waals surface area contributed by atoms with Crippen molar-refractivity contribution in [3.05, 3.63) is 71.4 Å². The summed E-state index contributed by atoms with van der Waals surface area (Å²) in [6, 6.07) is 14.5. The average Bonchev–Trinajstić information content (AvgIpc) is 2.54. The van der Waals surface area contributed by atoms with E-state index in [-0.39, 0.29) is 13.0 Å². The summed E-state index contributed by atoms with van der Waals surface area (Å²) in [5, 5.41) is 3.54. The number of anilines is 1. The maximum atomic E-state index is 13.0. The molecule has 0 unspecified atom stereocenters. The van der Waals surface area contributed by atoms with E-state index in [1.807, 2.05) is 6.07 Å². The summed E-state index contributed by atoms with van der Waals surface area (Å²) in [4.78, 5) is 11.7. The minimum atomic E-state index is -3.63.